The number of amides is 3. The second-order valence-corrected chi connectivity index (χ2v) is 9.25. The molecule has 2 aromatic carbocycles. The lowest BCUT2D eigenvalue weighted by Crippen LogP contribution is -2.30. The first-order chi connectivity index (χ1) is 16.3. The molecule has 2 fully saturated rings. The van der Waals surface area contributed by atoms with E-state index in [4.69, 9.17) is 23.2 Å². The Morgan fingerprint density at radius 3 is 2.47 bits per heavy atom. The van der Waals surface area contributed by atoms with E-state index in [1.54, 1.807) is 24.3 Å². The van der Waals surface area contributed by atoms with Crippen molar-refractivity contribution in [2.45, 2.75) is 18.9 Å². The maximum absolute atomic E-state index is 13.1. The summed E-state index contributed by atoms with van der Waals surface area (Å²) in [4.78, 5) is 55.2. The highest BCUT2D eigenvalue weighted by atomic mass is 35.5. The number of halogens is 2. The normalized spacial score (nSPS) is 17.9. The number of aliphatic imine (C=N–C) groups is 1. The number of amidine groups is 1. The first kappa shape index (κ1) is 24.0. The minimum Gasteiger partial charge on any atom is -0.466 e. The molecule has 4 rings (SSSR count). The van der Waals surface area contributed by atoms with Gasteiger partial charge < -0.3 is 10.1 Å². The van der Waals surface area contributed by atoms with Gasteiger partial charge in [0.05, 0.1) is 28.3 Å². The van der Waals surface area contributed by atoms with Crippen LogP contribution in [0.3, 0.4) is 0 Å². The lowest BCUT2D eigenvalue weighted by Gasteiger charge is -2.16. The van der Waals surface area contributed by atoms with Gasteiger partial charge in [0.15, 0.2) is 5.17 Å². The third kappa shape index (κ3) is 5.32. The van der Waals surface area contributed by atoms with E-state index in [1.807, 2.05) is 0 Å². The van der Waals surface area contributed by atoms with E-state index in [0.717, 1.165) is 30.7 Å². The highest BCUT2D eigenvalue weighted by Gasteiger charge is 2.36. The lowest BCUT2D eigenvalue weighted by molar-refractivity contribution is -0.135. The van der Waals surface area contributed by atoms with Gasteiger partial charge in [-0.05, 0) is 67.1 Å². The van der Waals surface area contributed by atoms with Gasteiger partial charge in [-0.2, -0.15) is 4.99 Å². The molecule has 0 bridgehead atoms. The van der Waals surface area contributed by atoms with Crippen LogP contribution in [0.15, 0.2) is 58.4 Å². The summed E-state index contributed by atoms with van der Waals surface area (Å²) in [7, 11) is 1.19. The average Bonchev–Trinajstić information content (AvgIpc) is 3.57. The second kappa shape index (κ2) is 10.0. The number of carbonyl (C=O) groups excluding carboxylic acids is 4. The molecule has 8 nitrogen and oxygen atoms in total. The summed E-state index contributed by atoms with van der Waals surface area (Å²) in [6, 6.07) is 10.8. The Morgan fingerprint density at radius 1 is 1.15 bits per heavy atom. The van der Waals surface area contributed by atoms with Crippen molar-refractivity contribution in [3.05, 3.63) is 74.6 Å². The number of ether oxygens (including phenoxy) is 1. The van der Waals surface area contributed by atoms with Gasteiger partial charge in [0.25, 0.3) is 17.7 Å². The summed E-state index contributed by atoms with van der Waals surface area (Å²) in [5.41, 5.74) is 0.898. The summed E-state index contributed by atoms with van der Waals surface area (Å²) < 4.78 is 4.61. The molecule has 1 N–H and O–H groups in total. The molecule has 1 saturated carbocycles. The molecule has 0 radical (unpaired) electrons. The first-order valence-corrected chi connectivity index (χ1v) is 11.6. The zero-order valence-corrected chi connectivity index (χ0v) is 20.0. The van der Waals surface area contributed by atoms with Crippen molar-refractivity contribution in [3.63, 3.8) is 0 Å². The van der Waals surface area contributed by atoms with Crippen molar-refractivity contribution in [2.75, 3.05) is 12.0 Å². The lowest BCUT2D eigenvalue weighted by atomic mass is 10.2. The molecule has 34 heavy (non-hydrogen) atoms. The molecule has 1 aliphatic carbocycles. The van der Waals surface area contributed by atoms with Gasteiger partial charge >= 0.3 is 5.97 Å². The fourth-order valence-corrected chi connectivity index (χ4v) is 4.44. The van der Waals surface area contributed by atoms with Crippen LogP contribution in [0.1, 0.15) is 33.6 Å². The van der Waals surface area contributed by atoms with Crippen LogP contribution < -0.4 is 10.2 Å². The van der Waals surface area contributed by atoms with E-state index in [2.05, 4.69) is 15.0 Å². The molecule has 174 valence electrons. The number of benzene rings is 2. The zero-order chi connectivity index (χ0) is 24.4. The molecule has 3 amide bonds. The molecule has 2 aromatic rings. The summed E-state index contributed by atoms with van der Waals surface area (Å²) in [6.07, 6.45) is 2.95. The standard InChI is InChI=1S/C23H17Cl2N3O5S/c1-33-19(29)11-18-22(32)28(15-7-2-12(3-8-15)20(30)26-14-5-6-14)23(34-18)27-21(31)16-9-4-13(24)10-17(16)25/h2-4,7-11,14H,5-6H2,1H3,(H,26,30). The Labute approximate surface area is 208 Å². The van der Waals surface area contributed by atoms with E-state index in [1.165, 1.54) is 30.2 Å². The van der Waals surface area contributed by atoms with Crippen LogP contribution in [0.5, 0.6) is 0 Å². The Hall–Kier alpha value is -3.14. The topological polar surface area (TPSA) is 105 Å². The van der Waals surface area contributed by atoms with Crippen molar-refractivity contribution >= 4 is 69.5 Å². The van der Waals surface area contributed by atoms with Crippen LogP contribution in [0, 0.1) is 0 Å². The number of nitrogens with zero attached hydrogens (tertiary/aromatic N) is 2. The molecular weight excluding hydrogens is 501 g/mol. The molecule has 0 aromatic heterocycles. The van der Waals surface area contributed by atoms with E-state index < -0.39 is 17.8 Å². The third-order valence-electron chi connectivity index (χ3n) is 4.92. The third-order valence-corrected chi connectivity index (χ3v) is 6.43. The summed E-state index contributed by atoms with van der Waals surface area (Å²) in [6.45, 7) is 0. The monoisotopic (exact) mass is 517 g/mol. The number of esters is 1. The van der Waals surface area contributed by atoms with Crippen LogP contribution in [-0.2, 0) is 14.3 Å². The fourth-order valence-electron chi connectivity index (χ4n) is 3.01. The van der Waals surface area contributed by atoms with Gasteiger partial charge in [0.2, 0.25) is 0 Å². The highest BCUT2D eigenvalue weighted by Crippen LogP contribution is 2.35. The van der Waals surface area contributed by atoms with Gasteiger partial charge in [-0.15, -0.1) is 0 Å². The van der Waals surface area contributed by atoms with Crippen LogP contribution >= 0.6 is 35.0 Å². The molecule has 0 unspecified atom stereocenters. The zero-order valence-electron chi connectivity index (χ0n) is 17.7. The molecule has 0 atom stereocenters. The minimum atomic E-state index is -0.726. The number of hydrogen-bond acceptors (Lipinski definition) is 6. The quantitative estimate of drug-likeness (QED) is 0.470. The van der Waals surface area contributed by atoms with Crippen LogP contribution in [-0.4, -0.2) is 42.0 Å². The molecule has 1 heterocycles. The molecule has 2 aliphatic rings. The average molecular weight is 518 g/mol. The van der Waals surface area contributed by atoms with Gasteiger partial charge in [0.1, 0.15) is 0 Å². The maximum atomic E-state index is 13.1. The number of carbonyl (C=O) groups is 4. The number of rotatable bonds is 5. The van der Waals surface area contributed by atoms with E-state index in [0.29, 0.717) is 16.3 Å². The second-order valence-electron chi connectivity index (χ2n) is 7.39. The van der Waals surface area contributed by atoms with E-state index in [9.17, 15) is 19.2 Å². The molecule has 1 aliphatic heterocycles. The number of thioether (sulfide) groups is 1. The summed E-state index contributed by atoms with van der Waals surface area (Å²) >= 11 is 12.9. The predicted octanol–water partition coefficient (Wildman–Crippen LogP) is 4.22. The van der Waals surface area contributed by atoms with Crippen LogP contribution in [0.2, 0.25) is 10.0 Å². The van der Waals surface area contributed by atoms with Gasteiger partial charge in [-0.3, -0.25) is 19.3 Å². The smallest absolute Gasteiger partial charge is 0.331 e. The first-order valence-electron chi connectivity index (χ1n) is 10.1. The Balaban J connectivity index is 1.67. The Kier molecular flexibility index (Phi) is 7.06. The largest absolute Gasteiger partial charge is 0.466 e. The summed E-state index contributed by atoms with van der Waals surface area (Å²) in [5.74, 6) is -2.19. The number of nitrogens with one attached hydrogen (secondary N) is 1. The van der Waals surface area contributed by atoms with Crippen LogP contribution in [0.4, 0.5) is 5.69 Å². The number of methoxy groups -OCH3 is 1. The SMILES string of the molecule is COC(=O)C=C1SC(=NC(=O)c2ccc(Cl)cc2Cl)N(c2ccc(C(=O)NC3CC3)cc2)C1=O. The fraction of sp³-hybridized carbons (Fsp3) is 0.174. The maximum Gasteiger partial charge on any atom is 0.331 e. The number of anilines is 1. The van der Waals surface area contributed by atoms with Crippen LogP contribution in [0.25, 0.3) is 0 Å². The van der Waals surface area contributed by atoms with Crippen molar-refractivity contribution in [3.8, 4) is 0 Å². The predicted molar refractivity (Wildman–Crippen MR) is 130 cm³/mol. The van der Waals surface area contributed by atoms with Gasteiger partial charge in [0, 0.05) is 22.7 Å². The Bertz CT molecular complexity index is 1260. The summed E-state index contributed by atoms with van der Waals surface area (Å²) in [5, 5.41) is 3.38. The Morgan fingerprint density at radius 2 is 1.85 bits per heavy atom. The van der Waals surface area contributed by atoms with Gasteiger partial charge in [-0.1, -0.05) is 23.2 Å². The minimum absolute atomic E-state index is 0.0198. The van der Waals surface area contributed by atoms with E-state index >= 15 is 0 Å². The van der Waals surface area contributed by atoms with E-state index in [-0.39, 0.29) is 32.6 Å². The molecular formula is C23H17Cl2N3O5S. The molecule has 0 spiro atoms. The number of hydrogen-bond donors (Lipinski definition) is 1. The molecule has 1 saturated heterocycles. The van der Waals surface area contributed by atoms with Gasteiger partial charge in [-0.25, -0.2) is 4.79 Å². The van der Waals surface area contributed by atoms with Crippen molar-refractivity contribution < 1.29 is 23.9 Å². The van der Waals surface area contributed by atoms with Crippen molar-refractivity contribution in [2.24, 2.45) is 4.99 Å². The van der Waals surface area contributed by atoms with Crippen molar-refractivity contribution in [1.82, 2.24) is 5.32 Å². The highest BCUT2D eigenvalue weighted by molar-refractivity contribution is 8.19. The molecule has 11 heteroatoms. The van der Waals surface area contributed by atoms with Crippen molar-refractivity contribution in [1.29, 1.82) is 0 Å².